The molecule has 0 aliphatic carbocycles. The number of halogens is 3. The van der Waals surface area contributed by atoms with Crippen molar-refractivity contribution in [3.63, 3.8) is 0 Å². The number of nitrogens with zero attached hydrogens (tertiary/aromatic N) is 3. The minimum absolute atomic E-state index is 0.267. The van der Waals surface area contributed by atoms with Gasteiger partial charge in [0, 0.05) is 23.5 Å². The summed E-state index contributed by atoms with van der Waals surface area (Å²) in [5.74, 6) is -0.278. The Kier molecular flexibility index (Phi) is 4.36. The molecule has 3 aromatic rings. The van der Waals surface area contributed by atoms with Crippen LogP contribution in [0.2, 0.25) is 5.15 Å². The van der Waals surface area contributed by atoms with Gasteiger partial charge in [-0.25, -0.2) is 14.4 Å². The van der Waals surface area contributed by atoms with E-state index >= 15 is 0 Å². The Morgan fingerprint density at radius 3 is 2.41 bits per heavy atom. The number of hydrogen-bond donors (Lipinski definition) is 1. The van der Waals surface area contributed by atoms with Crippen LogP contribution in [0.5, 0.6) is 0 Å². The lowest BCUT2D eigenvalue weighted by Gasteiger charge is -2.34. The van der Waals surface area contributed by atoms with Gasteiger partial charge in [0.05, 0.1) is 6.04 Å². The molecule has 1 aromatic carbocycles. The molecule has 7 heteroatoms. The maximum atomic E-state index is 13.5. The highest BCUT2D eigenvalue weighted by Crippen LogP contribution is 2.38. The predicted molar refractivity (Wildman–Crippen MR) is 99.8 cm³/mol. The Morgan fingerprint density at radius 2 is 1.74 bits per heavy atom. The zero-order valence-electron chi connectivity index (χ0n) is 14.3. The van der Waals surface area contributed by atoms with Crippen LogP contribution in [0.3, 0.4) is 0 Å². The lowest BCUT2D eigenvalue weighted by molar-refractivity contribution is 0.430. The molecule has 0 unspecified atom stereocenters. The van der Waals surface area contributed by atoms with Gasteiger partial charge in [0.1, 0.15) is 22.3 Å². The van der Waals surface area contributed by atoms with Gasteiger partial charge in [-0.05, 0) is 42.8 Å². The molecule has 4 nitrogen and oxygen atoms in total. The average Bonchev–Trinajstić information content (AvgIpc) is 3.01. The minimum atomic E-state index is -0.820. The SMILES string of the molecule is C[C@@H]1N=C(c2ccnc(Cl)c2)N[C@]1(c1ccc(F)cc1)c1ccc(F)nc1. The zero-order chi connectivity index (χ0) is 19.0. The molecule has 4 rings (SSSR count). The summed E-state index contributed by atoms with van der Waals surface area (Å²) in [6.07, 6.45) is 3.07. The van der Waals surface area contributed by atoms with E-state index in [1.807, 2.05) is 6.92 Å². The van der Waals surface area contributed by atoms with E-state index in [0.717, 1.165) is 16.7 Å². The zero-order valence-corrected chi connectivity index (χ0v) is 15.1. The number of amidine groups is 1. The number of pyridine rings is 2. The van der Waals surface area contributed by atoms with Crippen LogP contribution in [-0.4, -0.2) is 21.8 Å². The highest BCUT2D eigenvalue weighted by molar-refractivity contribution is 6.29. The third-order valence-corrected chi connectivity index (χ3v) is 4.95. The molecule has 0 spiro atoms. The molecular weight excluding hydrogens is 370 g/mol. The van der Waals surface area contributed by atoms with Crippen LogP contribution in [0.1, 0.15) is 23.6 Å². The lowest BCUT2D eigenvalue weighted by Crippen LogP contribution is -2.48. The molecule has 0 saturated heterocycles. The van der Waals surface area contributed by atoms with Gasteiger partial charge in [-0.2, -0.15) is 4.39 Å². The third-order valence-electron chi connectivity index (χ3n) is 4.75. The summed E-state index contributed by atoms with van der Waals surface area (Å²) in [6.45, 7) is 1.94. The van der Waals surface area contributed by atoms with Crippen LogP contribution in [0.15, 0.2) is 65.9 Å². The van der Waals surface area contributed by atoms with E-state index in [-0.39, 0.29) is 11.9 Å². The van der Waals surface area contributed by atoms with Crippen molar-refractivity contribution in [3.8, 4) is 0 Å². The maximum Gasteiger partial charge on any atom is 0.212 e. The quantitative estimate of drug-likeness (QED) is 0.692. The molecule has 1 N–H and O–H groups in total. The molecule has 136 valence electrons. The fraction of sp³-hybridized carbons (Fsp3) is 0.150. The first-order valence-electron chi connectivity index (χ1n) is 8.35. The van der Waals surface area contributed by atoms with Crippen molar-refractivity contribution in [1.29, 1.82) is 0 Å². The second kappa shape index (κ2) is 6.70. The van der Waals surface area contributed by atoms with Crippen LogP contribution in [0.4, 0.5) is 8.78 Å². The molecule has 27 heavy (non-hydrogen) atoms. The van der Waals surface area contributed by atoms with Crippen LogP contribution in [0.25, 0.3) is 0 Å². The van der Waals surface area contributed by atoms with Crippen LogP contribution >= 0.6 is 11.6 Å². The Morgan fingerprint density at radius 1 is 1.00 bits per heavy atom. The van der Waals surface area contributed by atoms with E-state index in [9.17, 15) is 8.78 Å². The third kappa shape index (κ3) is 3.06. The molecule has 0 bridgehead atoms. The van der Waals surface area contributed by atoms with Gasteiger partial charge in [0.2, 0.25) is 5.95 Å². The molecular formula is C20H15ClF2N4. The van der Waals surface area contributed by atoms with E-state index < -0.39 is 11.5 Å². The van der Waals surface area contributed by atoms with Crippen molar-refractivity contribution in [1.82, 2.24) is 15.3 Å². The molecule has 0 saturated carbocycles. The standard InChI is InChI=1S/C20H15ClF2N4/c1-12-20(14-2-5-16(22)6-3-14,15-4-7-18(23)25-11-15)27-19(26-12)13-8-9-24-17(21)10-13/h2-12H,1H3,(H,26,27)/t12-,20+/m0/s1. The van der Waals surface area contributed by atoms with E-state index in [0.29, 0.717) is 11.0 Å². The number of nitrogens with one attached hydrogen (secondary N) is 1. The highest BCUT2D eigenvalue weighted by Gasteiger charge is 2.45. The first-order valence-corrected chi connectivity index (χ1v) is 8.73. The first-order chi connectivity index (χ1) is 13.0. The van der Waals surface area contributed by atoms with Gasteiger partial charge < -0.3 is 5.32 Å². The topological polar surface area (TPSA) is 50.2 Å². The average molecular weight is 385 g/mol. The number of hydrogen-bond acceptors (Lipinski definition) is 4. The van der Waals surface area contributed by atoms with Gasteiger partial charge in [0.15, 0.2) is 0 Å². The molecule has 2 atom stereocenters. The maximum absolute atomic E-state index is 13.5. The highest BCUT2D eigenvalue weighted by atomic mass is 35.5. The Hall–Kier alpha value is -2.86. The van der Waals surface area contributed by atoms with Gasteiger partial charge in [-0.1, -0.05) is 29.8 Å². The van der Waals surface area contributed by atoms with Crippen LogP contribution in [0, 0.1) is 11.8 Å². The van der Waals surface area contributed by atoms with E-state index in [1.54, 1.807) is 36.5 Å². The fourth-order valence-electron chi connectivity index (χ4n) is 3.43. The second-order valence-corrected chi connectivity index (χ2v) is 6.72. The predicted octanol–water partition coefficient (Wildman–Crippen LogP) is 4.09. The molecule has 0 fully saturated rings. The molecule has 3 heterocycles. The summed E-state index contributed by atoms with van der Waals surface area (Å²) in [6, 6.07) is 12.4. The van der Waals surface area contributed by atoms with Crippen molar-refractivity contribution in [2.75, 3.05) is 0 Å². The van der Waals surface area contributed by atoms with Crippen molar-refractivity contribution < 1.29 is 8.78 Å². The Balaban J connectivity index is 1.85. The number of benzene rings is 1. The van der Waals surface area contributed by atoms with Crippen molar-refractivity contribution >= 4 is 17.4 Å². The largest absolute Gasteiger partial charge is 0.354 e. The summed E-state index contributed by atoms with van der Waals surface area (Å²) in [7, 11) is 0. The van der Waals surface area contributed by atoms with Crippen LogP contribution in [-0.2, 0) is 5.54 Å². The normalized spacial score (nSPS) is 21.6. The number of rotatable bonds is 3. The first kappa shape index (κ1) is 17.5. The van der Waals surface area contributed by atoms with E-state index in [1.165, 1.54) is 24.4 Å². The van der Waals surface area contributed by atoms with Gasteiger partial charge >= 0.3 is 0 Å². The van der Waals surface area contributed by atoms with Gasteiger partial charge in [-0.3, -0.25) is 4.99 Å². The lowest BCUT2D eigenvalue weighted by atomic mass is 9.79. The molecule has 1 aliphatic rings. The van der Waals surface area contributed by atoms with Gasteiger partial charge in [-0.15, -0.1) is 0 Å². The summed E-state index contributed by atoms with van der Waals surface area (Å²) in [5, 5.41) is 3.80. The minimum Gasteiger partial charge on any atom is -0.354 e. The molecule has 2 aromatic heterocycles. The summed E-state index contributed by atoms with van der Waals surface area (Å²) in [5.41, 5.74) is 1.48. The summed E-state index contributed by atoms with van der Waals surface area (Å²) < 4.78 is 26.9. The number of aliphatic imine (C=N–C) groups is 1. The summed E-state index contributed by atoms with van der Waals surface area (Å²) in [4.78, 5) is 12.5. The fourth-order valence-corrected chi connectivity index (χ4v) is 3.60. The Bertz CT molecular complexity index is 958. The smallest absolute Gasteiger partial charge is 0.212 e. The monoisotopic (exact) mass is 384 g/mol. The van der Waals surface area contributed by atoms with Gasteiger partial charge in [0.25, 0.3) is 0 Å². The Labute approximate surface area is 160 Å². The molecule has 0 radical (unpaired) electrons. The molecule has 0 amide bonds. The summed E-state index contributed by atoms with van der Waals surface area (Å²) >= 11 is 6.01. The molecule has 1 aliphatic heterocycles. The van der Waals surface area contributed by atoms with Crippen LogP contribution < -0.4 is 5.32 Å². The van der Waals surface area contributed by atoms with Crippen molar-refractivity contribution in [2.45, 2.75) is 18.5 Å². The van der Waals surface area contributed by atoms with E-state index in [2.05, 4.69) is 15.3 Å². The second-order valence-electron chi connectivity index (χ2n) is 6.33. The van der Waals surface area contributed by atoms with E-state index in [4.69, 9.17) is 16.6 Å². The van der Waals surface area contributed by atoms with Crippen molar-refractivity contribution in [2.24, 2.45) is 4.99 Å². The van der Waals surface area contributed by atoms with Crippen molar-refractivity contribution in [3.05, 3.63) is 94.5 Å². The number of aromatic nitrogens is 2.